The van der Waals surface area contributed by atoms with Crippen molar-refractivity contribution in [2.45, 2.75) is 52.1 Å². The van der Waals surface area contributed by atoms with Gasteiger partial charge in [0.15, 0.2) is 0 Å². The van der Waals surface area contributed by atoms with Gasteiger partial charge in [-0.15, -0.1) is 0 Å². The SMILES string of the molecule is CC(C)C(CN(C)C)NC(=O)C1CCC(N)CC1C. The van der Waals surface area contributed by atoms with E-state index in [0.29, 0.717) is 11.8 Å². The van der Waals surface area contributed by atoms with Crippen LogP contribution in [0.1, 0.15) is 40.0 Å². The fourth-order valence-corrected chi connectivity index (χ4v) is 2.93. The van der Waals surface area contributed by atoms with Crippen molar-refractivity contribution < 1.29 is 4.79 Å². The molecule has 1 aliphatic rings. The highest BCUT2D eigenvalue weighted by molar-refractivity contribution is 5.79. The molecular formula is C15H31N3O. The largest absolute Gasteiger partial charge is 0.352 e. The Bertz CT molecular complexity index is 291. The van der Waals surface area contributed by atoms with Crippen LogP contribution in [0.4, 0.5) is 0 Å². The fraction of sp³-hybridized carbons (Fsp3) is 0.933. The molecule has 0 heterocycles. The Morgan fingerprint density at radius 2 is 2.00 bits per heavy atom. The van der Waals surface area contributed by atoms with Crippen LogP contribution >= 0.6 is 0 Å². The van der Waals surface area contributed by atoms with Gasteiger partial charge in [0.1, 0.15) is 0 Å². The van der Waals surface area contributed by atoms with Gasteiger partial charge in [0, 0.05) is 24.5 Å². The maximum Gasteiger partial charge on any atom is 0.223 e. The molecular weight excluding hydrogens is 238 g/mol. The Labute approximate surface area is 118 Å². The van der Waals surface area contributed by atoms with E-state index in [0.717, 1.165) is 25.8 Å². The highest BCUT2D eigenvalue weighted by Crippen LogP contribution is 2.29. The Kier molecular flexibility index (Phi) is 6.27. The van der Waals surface area contributed by atoms with Gasteiger partial charge in [-0.25, -0.2) is 0 Å². The molecule has 19 heavy (non-hydrogen) atoms. The van der Waals surface area contributed by atoms with E-state index in [1.54, 1.807) is 0 Å². The van der Waals surface area contributed by atoms with Crippen LogP contribution in [0.25, 0.3) is 0 Å². The summed E-state index contributed by atoms with van der Waals surface area (Å²) in [6, 6.07) is 0.507. The summed E-state index contributed by atoms with van der Waals surface area (Å²) in [4.78, 5) is 14.6. The number of likely N-dealkylation sites (N-methyl/N-ethyl adjacent to an activating group) is 1. The quantitative estimate of drug-likeness (QED) is 0.794. The number of hydrogen-bond acceptors (Lipinski definition) is 3. The van der Waals surface area contributed by atoms with Crippen molar-refractivity contribution in [2.75, 3.05) is 20.6 Å². The van der Waals surface area contributed by atoms with Crippen LogP contribution in [0.3, 0.4) is 0 Å². The molecule has 0 radical (unpaired) electrons. The number of amides is 1. The first kappa shape index (κ1) is 16.4. The van der Waals surface area contributed by atoms with Gasteiger partial charge in [0.2, 0.25) is 5.91 Å². The van der Waals surface area contributed by atoms with Gasteiger partial charge in [-0.1, -0.05) is 20.8 Å². The second-order valence-electron chi connectivity index (χ2n) is 6.78. The molecule has 1 fully saturated rings. The van der Waals surface area contributed by atoms with Gasteiger partial charge in [0.05, 0.1) is 0 Å². The van der Waals surface area contributed by atoms with Crippen LogP contribution in [-0.4, -0.2) is 43.5 Å². The number of carbonyl (C=O) groups is 1. The lowest BCUT2D eigenvalue weighted by Gasteiger charge is -2.34. The van der Waals surface area contributed by atoms with E-state index in [2.05, 4.69) is 31.0 Å². The highest BCUT2D eigenvalue weighted by atomic mass is 16.2. The van der Waals surface area contributed by atoms with E-state index >= 15 is 0 Å². The molecule has 0 aromatic heterocycles. The number of nitrogens with two attached hydrogens (primary N) is 1. The molecule has 0 aliphatic heterocycles. The number of rotatable bonds is 5. The van der Waals surface area contributed by atoms with Crippen LogP contribution in [0.15, 0.2) is 0 Å². The van der Waals surface area contributed by atoms with Gasteiger partial charge in [-0.2, -0.15) is 0 Å². The molecule has 3 N–H and O–H groups in total. The zero-order chi connectivity index (χ0) is 14.6. The Hall–Kier alpha value is -0.610. The lowest BCUT2D eigenvalue weighted by atomic mass is 9.77. The second kappa shape index (κ2) is 7.25. The molecule has 1 amide bonds. The minimum Gasteiger partial charge on any atom is -0.352 e. The Morgan fingerprint density at radius 3 is 2.47 bits per heavy atom. The Balaban J connectivity index is 2.56. The maximum atomic E-state index is 12.4. The van der Waals surface area contributed by atoms with Crippen LogP contribution in [0, 0.1) is 17.8 Å². The molecule has 0 bridgehead atoms. The molecule has 4 atom stereocenters. The molecule has 4 nitrogen and oxygen atoms in total. The molecule has 1 rings (SSSR count). The number of hydrogen-bond donors (Lipinski definition) is 2. The zero-order valence-electron chi connectivity index (χ0n) is 13.1. The maximum absolute atomic E-state index is 12.4. The van der Waals surface area contributed by atoms with Gasteiger partial charge < -0.3 is 16.0 Å². The third-order valence-corrected chi connectivity index (χ3v) is 4.24. The van der Waals surface area contributed by atoms with Crippen molar-refractivity contribution in [2.24, 2.45) is 23.5 Å². The fourth-order valence-electron chi connectivity index (χ4n) is 2.93. The molecule has 4 unspecified atom stereocenters. The lowest BCUT2D eigenvalue weighted by molar-refractivity contribution is -0.128. The first-order valence-corrected chi connectivity index (χ1v) is 7.52. The molecule has 0 saturated heterocycles. The number of carbonyl (C=O) groups excluding carboxylic acids is 1. The van der Waals surface area contributed by atoms with Gasteiger partial charge in [-0.05, 0) is 45.2 Å². The molecule has 1 aliphatic carbocycles. The van der Waals surface area contributed by atoms with Crippen LogP contribution < -0.4 is 11.1 Å². The van der Waals surface area contributed by atoms with Gasteiger partial charge >= 0.3 is 0 Å². The van der Waals surface area contributed by atoms with Crippen molar-refractivity contribution >= 4 is 5.91 Å². The predicted octanol–water partition coefficient (Wildman–Crippen LogP) is 1.45. The summed E-state index contributed by atoms with van der Waals surface area (Å²) in [5.74, 6) is 1.21. The summed E-state index contributed by atoms with van der Waals surface area (Å²) in [6.07, 6.45) is 2.88. The minimum absolute atomic E-state index is 0.142. The summed E-state index contributed by atoms with van der Waals surface area (Å²) in [5, 5.41) is 3.24. The van der Waals surface area contributed by atoms with E-state index in [9.17, 15) is 4.79 Å². The summed E-state index contributed by atoms with van der Waals surface area (Å²) in [7, 11) is 4.09. The predicted molar refractivity (Wildman–Crippen MR) is 79.8 cm³/mol. The second-order valence-corrected chi connectivity index (χ2v) is 6.78. The normalized spacial score (nSPS) is 29.6. The van der Waals surface area contributed by atoms with Gasteiger partial charge in [-0.3, -0.25) is 4.79 Å². The summed E-state index contributed by atoms with van der Waals surface area (Å²) in [5.41, 5.74) is 5.96. The lowest BCUT2D eigenvalue weighted by Crippen LogP contribution is -2.49. The summed E-state index contributed by atoms with van der Waals surface area (Å²) in [6.45, 7) is 7.37. The van der Waals surface area contributed by atoms with Crippen LogP contribution in [0.5, 0.6) is 0 Å². The van der Waals surface area contributed by atoms with Crippen molar-refractivity contribution in [1.29, 1.82) is 0 Å². The molecule has 112 valence electrons. The van der Waals surface area contributed by atoms with E-state index in [1.807, 2.05) is 14.1 Å². The molecule has 0 aromatic carbocycles. The van der Waals surface area contributed by atoms with Crippen molar-refractivity contribution in [1.82, 2.24) is 10.2 Å². The van der Waals surface area contributed by atoms with Crippen molar-refractivity contribution in [3.8, 4) is 0 Å². The average Bonchev–Trinajstić information content (AvgIpc) is 2.26. The van der Waals surface area contributed by atoms with E-state index < -0.39 is 0 Å². The first-order valence-electron chi connectivity index (χ1n) is 7.52. The summed E-state index contributed by atoms with van der Waals surface area (Å²) < 4.78 is 0. The first-order chi connectivity index (χ1) is 8.81. The van der Waals surface area contributed by atoms with Crippen molar-refractivity contribution in [3.63, 3.8) is 0 Å². The average molecular weight is 269 g/mol. The van der Waals surface area contributed by atoms with E-state index in [4.69, 9.17) is 5.73 Å². The topological polar surface area (TPSA) is 58.4 Å². The number of nitrogens with zero attached hydrogens (tertiary/aromatic N) is 1. The smallest absolute Gasteiger partial charge is 0.223 e. The monoisotopic (exact) mass is 269 g/mol. The zero-order valence-corrected chi connectivity index (χ0v) is 13.1. The molecule has 0 aromatic rings. The summed E-state index contributed by atoms with van der Waals surface area (Å²) >= 11 is 0. The molecule has 4 heteroatoms. The molecule has 1 saturated carbocycles. The highest BCUT2D eigenvalue weighted by Gasteiger charge is 2.32. The van der Waals surface area contributed by atoms with Gasteiger partial charge in [0.25, 0.3) is 0 Å². The van der Waals surface area contributed by atoms with Crippen molar-refractivity contribution in [3.05, 3.63) is 0 Å². The van der Waals surface area contributed by atoms with E-state index in [1.165, 1.54) is 0 Å². The standard InChI is InChI=1S/C15H31N3O/c1-10(2)14(9-18(4)5)17-15(19)13-7-6-12(16)8-11(13)3/h10-14H,6-9,16H2,1-5H3,(H,17,19). The van der Waals surface area contributed by atoms with Crippen LogP contribution in [0.2, 0.25) is 0 Å². The minimum atomic E-state index is 0.142. The third-order valence-electron chi connectivity index (χ3n) is 4.24. The van der Waals surface area contributed by atoms with E-state index in [-0.39, 0.29) is 23.9 Å². The molecule has 0 spiro atoms. The number of nitrogens with one attached hydrogen (secondary N) is 1. The Morgan fingerprint density at radius 1 is 1.37 bits per heavy atom. The third kappa shape index (κ3) is 5.11. The van der Waals surface area contributed by atoms with Crippen LogP contribution in [-0.2, 0) is 4.79 Å².